The van der Waals surface area contributed by atoms with Gasteiger partial charge in [-0.15, -0.1) is 13.7 Å². The van der Waals surface area contributed by atoms with E-state index in [1.165, 1.54) is 23.3 Å². The third kappa shape index (κ3) is 15.2. The molecule has 0 fully saturated rings. The largest absolute Gasteiger partial charge is 0.471 e. The molecule has 0 unspecified atom stereocenters. The molecule has 12 heteroatoms. The zero-order valence-corrected chi connectivity index (χ0v) is 42.9. The first kappa shape index (κ1) is 54.1. The monoisotopic (exact) mass is 837 g/mol. The van der Waals surface area contributed by atoms with Crippen molar-refractivity contribution < 1.29 is 36.9 Å². The molecule has 0 amide bonds. The molecule has 336 valence electrons. The molecule has 0 saturated carbocycles. The Labute approximate surface area is 367 Å². The van der Waals surface area contributed by atoms with Gasteiger partial charge < -0.3 is 0 Å². The van der Waals surface area contributed by atoms with Crippen LogP contribution < -0.4 is 36.9 Å². The molecule has 12 nitrogen and oxygen atoms in total. The highest BCUT2D eigenvalue weighted by Crippen LogP contribution is 2.11. The van der Waals surface area contributed by atoms with E-state index in [9.17, 15) is 0 Å². The van der Waals surface area contributed by atoms with Gasteiger partial charge >= 0.3 is 36.0 Å². The molecule has 4 aromatic heterocycles. The third-order valence-corrected chi connectivity index (χ3v) is 9.99. The molecule has 0 spiro atoms. The zero-order chi connectivity index (χ0) is 46.3. The van der Waals surface area contributed by atoms with Crippen LogP contribution in [0.2, 0.25) is 0 Å². The first-order valence-corrected chi connectivity index (χ1v) is 23.0. The SMILES string of the molecule is CC(C)c1[n+](C(C)C)ccc[n+]1C(C)C.CC(C)c1[n+](C(C)C)ccn[n+]1C(C)C.CC(C)c1[n+](C(C)C)cnc[n+]1C(C)C.CC(C)c1[n+](C(C)C)ncn[n+]1C(C)C. The lowest BCUT2D eigenvalue weighted by atomic mass is 10.1. The highest BCUT2D eigenvalue weighted by Gasteiger charge is 2.35. The van der Waals surface area contributed by atoms with Gasteiger partial charge in [0.2, 0.25) is 6.33 Å². The Hall–Kier alpha value is -3.96. The van der Waals surface area contributed by atoms with Gasteiger partial charge in [0.15, 0.2) is 61.0 Å². The lowest BCUT2D eigenvalue weighted by molar-refractivity contribution is -0.909. The van der Waals surface area contributed by atoms with Gasteiger partial charge in [0, 0.05) is 56.8 Å². The van der Waals surface area contributed by atoms with Crippen LogP contribution in [0.5, 0.6) is 0 Å². The molecule has 0 N–H and O–H groups in total. The smallest absolute Gasteiger partial charge is 0.158 e. The fourth-order valence-electron chi connectivity index (χ4n) is 7.30. The summed E-state index contributed by atoms with van der Waals surface area (Å²) in [5.74, 6) is 7.20. The van der Waals surface area contributed by atoms with Gasteiger partial charge in [-0.3, -0.25) is 0 Å². The molecule has 0 aliphatic heterocycles. The quantitative estimate of drug-likeness (QED) is 0.137. The molecule has 0 radical (unpaired) electrons. The predicted molar refractivity (Wildman–Crippen MR) is 238 cm³/mol. The molecule has 0 atom stereocenters. The summed E-state index contributed by atoms with van der Waals surface area (Å²) in [4.78, 5) is 4.30. The maximum Gasteiger partial charge on any atom is 0.471 e. The van der Waals surface area contributed by atoms with Crippen molar-refractivity contribution in [3.63, 3.8) is 0 Å². The van der Waals surface area contributed by atoms with Crippen LogP contribution in [0.15, 0.2) is 49.8 Å². The Morgan fingerprint density at radius 2 is 0.617 bits per heavy atom. The average molecular weight is 837 g/mol. The number of hydrogen-bond acceptors (Lipinski definition) is 4. The van der Waals surface area contributed by atoms with E-state index >= 15 is 0 Å². The molecule has 0 aliphatic carbocycles. The number of aromatic nitrogens is 12. The fourth-order valence-corrected chi connectivity index (χ4v) is 7.30. The molecule has 0 saturated heterocycles. The summed E-state index contributed by atoms with van der Waals surface area (Å²) in [7, 11) is 0. The topological polar surface area (TPSA) is 82.6 Å². The second-order valence-corrected chi connectivity index (χ2v) is 19.5. The van der Waals surface area contributed by atoms with Gasteiger partial charge in [-0.1, -0.05) is 0 Å². The van der Waals surface area contributed by atoms with Crippen LogP contribution >= 0.6 is 0 Å². The minimum absolute atomic E-state index is 0.371. The predicted octanol–water partition coefficient (Wildman–Crippen LogP) is 7.77. The van der Waals surface area contributed by atoms with E-state index in [1.807, 2.05) is 18.9 Å². The first-order chi connectivity index (χ1) is 27.8. The maximum absolute atomic E-state index is 4.44. The van der Waals surface area contributed by atoms with Gasteiger partial charge in [-0.25, -0.2) is 0 Å². The van der Waals surface area contributed by atoms with E-state index < -0.39 is 0 Å². The van der Waals surface area contributed by atoms with Crippen molar-refractivity contribution in [1.82, 2.24) is 20.3 Å². The van der Waals surface area contributed by atoms with Crippen LogP contribution in [0.25, 0.3) is 0 Å². The minimum Gasteiger partial charge on any atom is -0.158 e. The average Bonchev–Trinajstić information content (AvgIpc) is 3.16. The summed E-state index contributed by atoms with van der Waals surface area (Å²) in [6.45, 7) is 52.8. The Morgan fingerprint density at radius 3 is 0.917 bits per heavy atom. The highest BCUT2D eigenvalue weighted by molar-refractivity contribution is 4.79. The van der Waals surface area contributed by atoms with E-state index in [0.29, 0.717) is 72.0 Å². The van der Waals surface area contributed by atoms with E-state index in [-0.39, 0.29) is 0 Å². The van der Waals surface area contributed by atoms with Crippen LogP contribution in [0.1, 0.15) is 261 Å². The number of rotatable bonds is 12. The molecule has 0 aliphatic rings. The Morgan fingerprint density at radius 1 is 0.317 bits per heavy atom. The zero-order valence-electron chi connectivity index (χ0n) is 42.9. The Kier molecular flexibility index (Phi) is 22.6. The van der Waals surface area contributed by atoms with E-state index in [2.05, 4.69) is 248 Å². The van der Waals surface area contributed by atoms with Crippen molar-refractivity contribution in [2.45, 2.75) is 238 Å². The third-order valence-electron chi connectivity index (χ3n) is 9.99. The summed E-state index contributed by atoms with van der Waals surface area (Å²) in [5, 5.41) is 13.1. The lowest BCUT2D eigenvalue weighted by Gasteiger charge is -2.12. The summed E-state index contributed by atoms with van der Waals surface area (Å²) < 4.78 is 17.8. The fraction of sp³-hybridized carbons (Fsp3) is 0.750. The van der Waals surface area contributed by atoms with Crippen LogP contribution in [0.4, 0.5) is 0 Å². The van der Waals surface area contributed by atoms with Crippen molar-refractivity contribution in [3.05, 3.63) is 73.1 Å². The Bertz CT molecular complexity index is 1480. The number of hydrogen-bond donors (Lipinski definition) is 0. The van der Waals surface area contributed by atoms with Gasteiger partial charge in [-0.05, 0) is 139 Å². The second-order valence-electron chi connectivity index (χ2n) is 19.5. The highest BCUT2D eigenvalue weighted by atomic mass is 15.4. The van der Waals surface area contributed by atoms with Gasteiger partial charge in [0.05, 0.1) is 17.0 Å². The second kappa shape index (κ2) is 25.1. The molecule has 60 heavy (non-hydrogen) atoms. The van der Waals surface area contributed by atoms with Crippen molar-refractivity contribution in [3.8, 4) is 0 Å². The summed E-state index contributed by atoms with van der Waals surface area (Å²) in [5.41, 5.74) is 0. The molecule has 4 rings (SSSR count). The van der Waals surface area contributed by atoms with E-state index in [4.69, 9.17) is 0 Å². The minimum atomic E-state index is 0.371. The van der Waals surface area contributed by atoms with Crippen molar-refractivity contribution in [1.29, 1.82) is 0 Å². The summed E-state index contributed by atoms with van der Waals surface area (Å²) in [6.07, 6.45) is 13.8. The van der Waals surface area contributed by atoms with Gasteiger partial charge in [0.25, 0.3) is 0 Å². The van der Waals surface area contributed by atoms with Crippen LogP contribution in [0.3, 0.4) is 0 Å². The van der Waals surface area contributed by atoms with Crippen molar-refractivity contribution in [2.75, 3.05) is 0 Å². The summed E-state index contributed by atoms with van der Waals surface area (Å²) in [6, 6.07) is 5.73. The molecular formula is C48H92N12+8. The van der Waals surface area contributed by atoms with Crippen LogP contribution in [-0.4, -0.2) is 20.3 Å². The van der Waals surface area contributed by atoms with Gasteiger partial charge in [-0.2, -0.15) is 9.13 Å². The van der Waals surface area contributed by atoms with Crippen LogP contribution in [-0.2, 0) is 0 Å². The summed E-state index contributed by atoms with van der Waals surface area (Å²) >= 11 is 0. The molecule has 0 bridgehead atoms. The van der Waals surface area contributed by atoms with Crippen molar-refractivity contribution >= 4 is 0 Å². The van der Waals surface area contributed by atoms with Crippen molar-refractivity contribution in [2.24, 2.45) is 0 Å². The van der Waals surface area contributed by atoms with Gasteiger partial charge in [0.1, 0.15) is 29.8 Å². The first-order valence-electron chi connectivity index (χ1n) is 23.0. The number of nitrogens with zero attached hydrogens (tertiary/aromatic N) is 12. The standard InChI is InChI=1S/C13H24N2.2C12H23N3.C11H22N4/c1-10(2)13-14(11(3)4)8-7-9-15(13)12(5)6;1-9(2)12-14(10(3)4)7-13-8-15(12)11(5)6;1-9(2)12-14(10(3)4)8-7-13-15(12)11(5)6;1-8(2)11-14(9(3)4)12-7-13-15(11)10(5)6/h7-12H,1-6H3;2*7-11H,1-6H3;7-10H,1-6H3/q4*+2. The molecule has 0 aromatic carbocycles. The van der Waals surface area contributed by atoms with E-state index in [1.54, 1.807) is 6.33 Å². The molecule has 4 heterocycles. The molecular weight excluding hydrogens is 745 g/mol. The van der Waals surface area contributed by atoms with Crippen LogP contribution in [0, 0.1) is 0 Å². The lowest BCUT2D eigenvalue weighted by Crippen LogP contribution is -2.59. The normalized spacial score (nSPS) is 11.8. The molecule has 4 aromatic rings. The Balaban J connectivity index is 0.000000400. The maximum atomic E-state index is 4.44. The van der Waals surface area contributed by atoms with E-state index in [0.717, 1.165) is 0 Å².